The van der Waals surface area contributed by atoms with Crippen LogP contribution in [0.15, 0.2) is 0 Å². The Morgan fingerprint density at radius 3 is 3.00 bits per heavy atom. The van der Waals surface area contributed by atoms with Crippen molar-refractivity contribution in [2.45, 2.75) is 26.2 Å². The number of hydrogen-bond donors (Lipinski definition) is 0. The van der Waals surface area contributed by atoms with Crippen LogP contribution >= 0.6 is 0 Å². The molecule has 3 atom stereocenters. The Hall–Kier alpha value is -0.530. The molecule has 1 heterocycles. The minimum Gasteiger partial charge on any atom is -0.465 e. The van der Waals surface area contributed by atoms with Crippen LogP contribution in [-0.2, 0) is 9.53 Å². The Labute approximate surface area is 66.9 Å². The summed E-state index contributed by atoms with van der Waals surface area (Å²) in [4.78, 5) is 11.2. The molecular weight excluding hydrogens is 140 g/mol. The molecule has 2 fully saturated rings. The van der Waals surface area contributed by atoms with Gasteiger partial charge in [-0.25, -0.2) is 0 Å². The van der Waals surface area contributed by atoms with E-state index < -0.39 is 0 Å². The van der Waals surface area contributed by atoms with Crippen molar-refractivity contribution in [1.82, 2.24) is 0 Å². The molecule has 2 heteroatoms. The molecule has 2 aliphatic rings. The van der Waals surface area contributed by atoms with E-state index in [-0.39, 0.29) is 11.9 Å². The van der Waals surface area contributed by atoms with Crippen molar-refractivity contribution < 1.29 is 9.53 Å². The molecule has 0 radical (unpaired) electrons. The molecule has 0 aromatic rings. The summed E-state index contributed by atoms with van der Waals surface area (Å²) in [5.41, 5.74) is 0. The Morgan fingerprint density at radius 2 is 2.27 bits per heavy atom. The number of hydrogen-bond acceptors (Lipinski definition) is 2. The van der Waals surface area contributed by atoms with E-state index in [0.29, 0.717) is 18.4 Å². The third-order valence-electron chi connectivity index (χ3n) is 3.09. The molecule has 1 aliphatic carbocycles. The van der Waals surface area contributed by atoms with Crippen LogP contribution in [0.2, 0.25) is 0 Å². The normalized spacial score (nSPS) is 43.4. The predicted octanol–water partition coefficient (Wildman–Crippen LogP) is 1.60. The van der Waals surface area contributed by atoms with E-state index in [1.54, 1.807) is 0 Å². The summed E-state index contributed by atoms with van der Waals surface area (Å²) < 4.78 is 5.07. The van der Waals surface area contributed by atoms with Crippen molar-refractivity contribution >= 4 is 5.97 Å². The highest BCUT2D eigenvalue weighted by atomic mass is 16.5. The lowest BCUT2D eigenvalue weighted by Gasteiger charge is -2.29. The van der Waals surface area contributed by atoms with Gasteiger partial charge in [0.15, 0.2) is 0 Å². The highest BCUT2D eigenvalue weighted by Gasteiger charge is 2.40. The fourth-order valence-corrected chi connectivity index (χ4v) is 2.41. The van der Waals surface area contributed by atoms with Gasteiger partial charge in [-0.3, -0.25) is 4.79 Å². The second kappa shape index (κ2) is 2.50. The van der Waals surface area contributed by atoms with Crippen molar-refractivity contribution in [2.24, 2.45) is 17.8 Å². The minimum absolute atomic E-state index is 0.0607. The van der Waals surface area contributed by atoms with Crippen LogP contribution in [0.3, 0.4) is 0 Å². The van der Waals surface area contributed by atoms with E-state index in [0.717, 1.165) is 6.42 Å². The first-order valence-electron chi connectivity index (χ1n) is 4.45. The summed E-state index contributed by atoms with van der Waals surface area (Å²) >= 11 is 0. The number of rotatable bonds is 0. The van der Waals surface area contributed by atoms with Crippen molar-refractivity contribution in [1.29, 1.82) is 0 Å². The zero-order valence-corrected chi connectivity index (χ0v) is 6.88. The summed E-state index contributed by atoms with van der Waals surface area (Å²) in [6.07, 6.45) is 3.52. The van der Waals surface area contributed by atoms with E-state index in [9.17, 15) is 4.79 Å². The first kappa shape index (κ1) is 7.14. The maximum atomic E-state index is 11.2. The topological polar surface area (TPSA) is 26.3 Å². The number of ether oxygens (including phenoxy) is 1. The van der Waals surface area contributed by atoms with Crippen LogP contribution in [0.5, 0.6) is 0 Å². The van der Waals surface area contributed by atoms with Crippen LogP contribution < -0.4 is 0 Å². The summed E-state index contributed by atoms with van der Waals surface area (Å²) in [5.74, 6) is 1.54. The van der Waals surface area contributed by atoms with E-state index in [1.165, 1.54) is 12.8 Å². The van der Waals surface area contributed by atoms with Gasteiger partial charge in [-0.2, -0.15) is 0 Å². The standard InChI is InChI=1S/C9H14O2/c1-6-5-11-9(10)8-4-2-3-7(6)8/h6-8H,2-5H2,1H3/t6-,7-,8-/m1/s1. The number of cyclic esters (lactones) is 1. The summed E-state index contributed by atoms with van der Waals surface area (Å²) in [6.45, 7) is 2.84. The Kier molecular flexibility index (Phi) is 1.63. The van der Waals surface area contributed by atoms with Gasteiger partial charge in [0, 0.05) is 0 Å². The monoisotopic (exact) mass is 154 g/mol. The third kappa shape index (κ3) is 1.05. The fraction of sp³-hybridized carbons (Fsp3) is 0.889. The maximum absolute atomic E-state index is 11.2. The Balaban J connectivity index is 2.14. The van der Waals surface area contributed by atoms with Gasteiger partial charge >= 0.3 is 5.97 Å². The Morgan fingerprint density at radius 1 is 1.45 bits per heavy atom. The zero-order valence-electron chi connectivity index (χ0n) is 6.88. The Bertz CT molecular complexity index is 176. The lowest BCUT2D eigenvalue weighted by Crippen LogP contribution is -2.34. The molecule has 1 saturated carbocycles. The van der Waals surface area contributed by atoms with Gasteiger partial charge in [-0.1, -0.05) is 13.3 Å². The molecule has 0 aromatic heterocycles. The summed E-state index contributed by atoms with van der Waals surface area (Å²) in [5, 5.41) is 0. The third-order valence-corrected chi connectivity index (χ3v) is 3.09. The van der Waals surface area contributed by atoms with Crippen LogP contribution in [0.4, 0.5) is 0 Å². The molecule has 11 heavy (non-hydrogen) atoms. The molecule has 2 nitrogen and oxygen atoms in total. The highest BCUT2D eigenvalue weighted by molar-refractivity contribution is 5.73. The average Bonchev–Trinajstić information content (AvgIpc) is 2.45. The van der Waals surface area contributed by atoms with Gasteiger partial charge < -0.3 is 4.74 Å². The highest BCUT2D eigenvalue weighted by Crippen LogP contribution is 2.40. The molecule has 0 amide bonds. The second-order valence-electron chi connectivity index (χ2n) is 3.81. The summed E-state index contributed by atoms with van der Waals surface area (Å²) in [7, 11) is 0. The van der Waals surface area contributed by atoms with E-state index in [4.69, 9.17) is 4.74 Å². The van der Waals surface area contributed by atoms with Crippen LogP contribution in [0.1, 0.15) is 26.2 Å². The van der Waals surface area contributed by atoms with Crippen LogP contribution in [0.25, 0.3) is 0 Å². The molecule has 0 aromatic carbocycles. The molecule has 62 valence electrons. The van der Waals surface area contributed by atoms with Crippen molar-refractivity contribution in [3.8, 4) is 0 Å². The smallest absolute Gasteiger partial charge is 0.309 e. The maximum Gasteiger partial charge on any atom is 0.309 e. The average molecular weight is 154 g/mol. The first-order valence-corrected chi connectivity index (χ1v) is 4.45. The largest absolute Gasteiger partial charge is 0.465 e. The zero-order chi connectivity index (χ0) is 7.84. The quantitative estimate of drug-likeness (QED) is 0.495. The van der Waals surface area contributed by atoms with Crippen molar-refractivity contribution in [3.63, 3.8) is 0 Å². The van der Waals surface area contributed by atoms with Gasteiger partial charge in [0.2, 0.25) is 0 Å². The van der Waals surface area contributed by atoms with Crippen molar-refractivity contribution in [3.05, 3.63) is 0 Å². The van der Waals surface area contributed by atoms with Gasteiger partial charge in [0.25, 0.3) is 0 Å². The number of carbonyl (C=O) groups is 1. The fourth-order valence-electron chi connectivity index (χ4n) is 2.41. The molecule has 2 rings (SSSR count). The first-order chi connectivity index (χ1) is 5.29. The van der Waals surface area contributed by atoms with E-state index in [1.807, 2.05) is 0 Å². The molecular formula is C9H14O2. The van der Waals surface area contributed by atoms with Gasteiger partial charge in [0.1, 0.15) is 0 Å². The van der Waals surface area contributed by atoms with E-state index in [2.05, 4.69) is 6.92 Å². The lowest BCUT2D eigenvalue weighted by atomic mass is 9.83. The van der Waals surface area contributed by atoms with E-state index >= 15 is 0 Å². The lowest BCUT2D eigenvalue weighted by molar-refractivity contribution is -0.159. The molecule has 0 spiro atoms. The molecule has 1 saturated heterocycles. The molecule has 0 bridgehead atoms. The summed E-state index contributed by atoms with van der Waals surface area (Å²) in [6, 6.07) is 0. The van der Waals surface area contributed by atoms with Gasteiger partial charge in [0.05, 0.1) is 12.5 Å². The van der Waals surface area contributed by atoms with Crippen LogP contribution in [0, 0.1) is 17.8 Å². The van der Waals surface area contributed by atoms with Gasteiger partial charge in [-0.15, -0.1) is 0 Å². The molecule has 0 N–H and O–H groups in total. The van der Waals surface area contributed by atoms with Crippen LogP contribution in [-0.4, -0.2) is 12.6 Å². The predicted molar refractivity (Wildman–Crippen MR) is 41.0 cm³/mol. The number of esters is 1. The number of carbonyl (C=O) groups excluding carboxylic acids is 1. The minimum atomic E-state index is 0.0607. The van der Waals surface area contributed by atoms with Gasteiger partial charge in [-0.05, 0) is 24.7 Å². The second-order valence-corrected chi connectivity index (χ2v) is 3.81. The van der Waals surface area contributed by atoms with Crippen molar-refractivity contribution in [2.75, 3.05) is 6.61 Å². The number of fused-ring (bicyclic) bond motifs is 1. The molecule has 0 unspecified atom stereocenters. The molecule has 1 aliphatic heterocycles. The SMILES string of the molecule is C[C@@H]1COC(=O)[C@@H]2CCC[C@H]12.